The van der Waals surface area contributed by atoms with Crippen LogP contribution in [-0.2, 0) is 11.4 Å². The van der Waals surface area contributed by atoms with Gasteiger partial charge in [0, 0.05) is 18.7 Å². The van der Waals surface area contributed by atoms with Crippen LogP contribution in [0.2, 0.25) is 0 Å². The van der Waals surface area contributed by atoms with Gasteiger partial charge in [-0.2, -0.15) is 0 Å². The maximum Gasteiger partial charge on any atom is 0.322 e. The molecule has 0 aliphatic carbocycles. The fourth-order valence-corrected chi connectivity index (χ4v) is 3.72. The number of oxime groups is 1. The molecule has 170 valence electrons. The molecule has 0 radical (unpaired) electrons. The van der Waals surface area contributed by atoms with Crippen molar-refractivity contribution in [1.82, 2.24) is 4.90 Å². The van der Waals surface area contributed by atoms with Crippen LogP contribution in [0.25, 0.3) is 0 Å². The maximum atomic E-state index is 13.2. The monoisotopic (exact) mass is 443 g/mol. The lowest BCUT2D eigenvalue weighted by molar-refractivity contribution is 0.0608. The Morgan fingerprint density at radius 1 is 1.06 bits per heavy atom. The first-order valence-corrected chi connectivity index (χ1v) is 11.2. The van der Waals surface area contributed by atoms with E-state index >= 15 is 0 Å². The van der Waals surface area contributed by atoms with Gasteiger partial charge in [0.2, 0.25) is 0 Å². The molecule has 0 spiro atoms. The fourth-order valence-electron chi connectivity index (χ4n) is 3.72. The fraction of sp³-hybridized carbons (Fsp3) is 0.259. The summed E-state index contributed by atoms with van der Waals surface area (Å²) in [6.45, 7) is 5.50. The third-order valence-electron chi connectivity index (χ3n) is 5.46. The molecule has 0 aromatic heterocycles. The standard InChI is InChI=1S/C27H29N3O3/c1-3-32-24-15-13-23(14-16-24)28-27(31)30(18-21-7-5-4-6-8-21)19-25-17-26(29-33-25)22-11-9-20(2)10-12-22/h4-16,25H,3,17-19H2,1-2H3,(H,28,31). The predicted molar refractivity (Wildman–Crippen MR) is 131 cm³/mol. The molecule has 3 aromatic rings. The summed E-state index contributed by atoms with van der Waals surface area (Å²) in [5.41, 5.74) is 4.93. The summed E-state index contributed by atoms with van der Waals surface area (Å²) in [4.78, 5) is 20.7. The highest BCUT2D eigenvalue weighted by Crippen LogP contribution is 2.21. The lowest BCUT2D eigenvalue weighted by atomic mass is 10.0. The van der Waals surface area contributed by atoms with Gasteiger partial charge in [0.25, 0.3) is 0 Å². The van der Waals surface area contributed by atoms with Crippen LogP contribution in [0.15, 0.2) is 84.0 Å². The summed E-state index contributed by atoms with van der Waals surface area (Å²) >= 11 is 0. The molecule has 33 heavy (non-hydrogen) atoms. The van der Waals surface area contributed by atoms with Gasteiger partial charge in [-0.3, -0.25) is 0 Å². The largest absolute Gasteiger partial charge is 0.494 e. The molecule has 0 bridgehead atoms. The number of anilines is 1. The quantitative estimate of drug-likeness (QED) is 0.491. The Kier molecular flexibility index (Phi) is 7.25. The van der Waals surface area contributed by atoms with Crippen LogP contribution >= 0.6 is 0 Å². The van der Waals surface area contributed by atoms with Gasteiger partial charge in [-0.15, -0.1) is 0 Å². The van der Waals surface area contributed by atoms with Crippen LogP contribution in [0, 0.1) is 6.92 Å². The van der Waals surface area contributed by atoms with E-state index in [4.69, 9.17) is 9.57 Å². The van der Waals surface area contributed by atoms with Gasteiger partial charge in [0.1, 0.15) is 5.75 Å². The second kappa shape index (κ2) is 10.7. The van der Waals surface area contributed by atoms with Crippen molar-refractivity contribution in [3.8, 4) is 5.75 Å². The van der Waals surface area contributed by atoms with Crippen LogP contribution in [0.3, 0.4) is 0 Å². The third-order valence-corrected chi connectivity index (χ3v) is 5.46. The smallest absolute Gasteiger partial charge is 0.322 e. The van der Waals surface area contributed by atoms with Gasteiger partial charge >= 0.3 is 6.03 Å². The van der Waals surface area contributed by atoms with Crippen molar-refractivity contribution in [2.45, 2.75) is 32.9 Å². The Labute approximate surface area is 194 Å². The number of carbonyl (C=O) groups is 1. The first-order valence-electron chi connectivity index (χ1n) is 11.2. The van der Waals surface area contributed by atoms with Crippen molar-refractivity contribution in [2.24, 2.45) is 5.16 Å². The summed E-state index contributed by atoms with van der Waals surface area (Å²) in [6, 6.07) is 25.4. The minimum atomic E-state index is -0.198. The SMILES string of the molecule is CCOc1ccc(NC(=O)N(Cc2ccccc2)CC2CC(c3ccc(C)cc3)=NO2)cc1. The van der Waals surface area contributed by atoms with E-state index in [2.05, 4.69) is 41.7 Å². The molecule has 1 atom stereocenters. The zero-order chi connectivity index (χ0) is 23.0. The van der Waals surface area contributed by atoms with Crippen LogP contribution < -0.4 is 10.1 Å². The lowest BCUT2D eigenvalue weighted by Crippen LogP contribution is -2.40. The van der Waals surface area contributed by atoms with Gasteiger partial charge < -0.3 is 19.8 Å². The van der Waals surface area contributed by atoms with E-state index in [0.717, 1.165) is 22.6 Å². The molecule has 2 amide bonds. The average molecular weight is 444 g/mol. The highest BCUT2D eigenvalue weighted by atomic mass is 16.6. The van der Waals surface area contributed by atoms with Gasteiger partial charge in [-0.1, -0.05) is 65.3 Å². The second-order valence-corrected chi connectivity index (χ2v) is 8.09. The number of nitrogens with one attached hydrogen (secondary N) is 1. The molecule has 1 heterocycles. The molecule has 0 saturated heterocycles. The first kappa shape index (κ1) is 22.4. The number of rotatable bonds is 8. The molecule has 1 aliphatic rings. The van der Waals surface area contributed by atoms with Crippen LogP contribution in [0.1, 0.15) is 30.0 Å². The van der Waals surface area contributed by atoms with Crippen molar-refractivity contribution in [1.29, 1.82) is 0 Å². The van der Waals surface area contributed by atoms with Crippen molar-refractivity contribution in [2.75, 3.05) is 18.5 Å². The Bertz CT molecular complexity index is 1080. The lowest BCUT2D eigenvalue weighted by Gasteiger charge is -2.25. The van der Waals surface area contributed by atoms with Crippen LogP contribution in [0.5, 0.6) is 5.75 Å². The zero-order valence-corrected chi connectivity index (χ0v) is 19.0. The first-order chi connectivity index (χ1) is 16.1. The molecule has 0 fully saturated rings. The Morgan fingerprint density at radius 3 is 2.48 bits per heavy atom. The molecule has 1 N–H and O–H groups in total. The third kappa shape index (κ3) is 6.13. The number of amides is 2. The minimum absolute atomic E-state index is 0.185. The summed E-state index contributed by atoms with van der Waals surface area (Å²) in [7, 11) is 0. The van der Waals surface area contributed by atoms with Crippen molar-refractivity contribution in [3.05, 3.63) is 95.6 Å². The number of hydrogen-bond acceptors (Lipinski definition) is 4. The molecule has 4 rings (SSSR count). The number of hydrogen-bond donors (Lipinski definition) is 1. The number of ether oxygens (including phenoxy) is 1. The van der Waals surface area contributed by atoms with Crippen molar-refractivity contribution >= 4 is 17.4 Å². The number of benzene rings is 3. The summed E-state index contributed by atoms with van der Waals surface area (Å²) in [5.74, 6) is 0.775. The zero-order valence-electron chi connectivity index (χ0n) is 19.0. The predicted octanol–water partition coefficient (Wildman–Crippen LogP) is 5.62. The molecule has 3 aromatic carbocycles. The molecule has 1 aliphatic heterocycles. The molecule has 6 heteroatoms. The molecule has 1 unspecified atom stereocenters. The van der Waals surface area contributed by atoms with E-state index in [1.54, 1.807) is 4.90 Å². The second-order valence-electron chi connectivity index (χ2n) is 8.09. The van der Waals surface area contributed by atoms with E-state index in [0.29, 0.717) is 31.8 Å². The van der Waals surface area contributed by atoms with Gasteiger partial charge in [-0.25, -0.2) is 4.79 Å². The maximum absolute atomic E-state index is 13.2. The number of urea groups is 1. The van der Waals surface area contributed by atoms with Gasteiger partial charge in [0.05, 0.1) is 18.9 Å². The summed E-state index contributed by atoms with van der Waals surface area (Å²) in [6.07, 6.45) is 0.459. The Balaban J connectivity index is 1.43. The van der Waals surface area contributed by atoms with Crippen LogP contribution in [0.4, 0.5) is 10.5 Å². The highest BCUT2D eigenvalue weighted by molar-refractivity contribution is 6.01. The Morgan fingerprint density at radius 2 is 1.79 bits per heavy atom. The summed E-state index contributed by atoms with van der Waals surface area (Å²) < 4.78 is 5.48. The number of aryl methyl sites for hydroxylation is 1. The number of nitrogens with zero attached hydrogens (tertiary/aromatic N) is 2. The van der Waals surface area contributed by atoms with Crippen molar-refractivity contribution in [3.63, 3.8) is 0 Å². The van der Waals surface area contributed by atoms with E-state index < -0.39 is 0 Å². The molecule has 6 nitrogen and oxygen atoms in total. The molecular weight excluding hydrogens is 414 g/mol. The average Bonchev–Trinajstić information content (AvgIpc) is 3.30. The Hall–Kier alpha value is -3.80. The van der Waals surface area contributed by atoms with Gasteiger partial charge in [-0.05, 0) is 49.2 Å². The molecular formula is C27H29N3O3. The number of carbonyl (C=O) groups excluding carboxylic acids is 1. The normalized spacial score (nSPS) is 14.8. The minimum Gasteiger partial charge on any atom is -0.494 e. The van der Waals surface area contributed by atoms with Gasteiger partial charge in [0.15, 0.2) is 6.10 Å². The molecule has 0 saturated carbocycles. The topological polar surface area (TPSA) is 63.2 Å². The van der Waals surface area contributed by atoms with E-state index in [1.165, 1.54) is 5.56 Å². The highest BCUT2D eigenvalue weighted by Gasteiger charge is 2.27. The van der Waals surface area contributed by atoms with E-state index in [-0.39, 0.29) is 12.1 Å². The van der Waals surface area contributed by atoms with E-state index in [9.17, 15) is 4.79 Å². The van der Waals surface area contributed by atoms with E-state index in [1.807, 2.05) is 61.5 Å². The van der Waals surface area contributed by atoms with Crippen LogP contribution in [-0.4, -0.2) is 35.9 Å². The van der Waals surface area contributed by atoms with Crippen molar-refractivity contribution < 1.29 is 14.4 Å². The summed E-state index contributed by atoms with van der Waals surface area (Å²) in [5, 5.41) is 7.29.